The van der Waals surface area contributed by atoms with E-state index in [0.717, 1.165) is 5.56 Å². The van der Waals surface area contributed by atoms with Gasteiger partial charge < -0.3 is 4.74 Å². The van der Waals surface area contributed by atoms with Crippen LogP contribution in [0.4, 0.5) is 0 Å². The van der Waals surface area contributed by atoms with Crippen LogP contribution < -0.4 is 10.2 Å². The molecule has 0 unspecified atom stereocenters. The summed E-state index contributed by atoms with van der Waals surface area (Å²) in [5, 5.41) is 3.91. The summed E-state index contributed by atoms with van der Waals surface area (Å²) in [6.07, 6.45) is 2.25. The fourth-order valence-corrected chi connectivity index (χ4v) is 4.25. The van der Waals surface area contributed by atoms with Crippen LogP contribution in [0.2, 0.25) is 0 Å². The second kappa shape index (κ2) is 7.40. The van der Waals surface area contributed by atoms with E-state index in [1.54, 1.807) is 0 Å². The van der Waals surface area contributed by atoms with Gasteiger partial charge in [0, 0.05) is 12.0 Å². The van der Waals surface area contributed by atoms with E-state index < -0.39 is 9.84 Å². The number of hydrazone groups is 1. The van der Waals surface area contributed by atoms with Crippen LogP contribution in [0.15, 0.2) is 29.4 Å². The third kappa shape index (κ3) is 4.84. The van der Waals surface area contributed by atoms with E-state index in [4.69, 9.17) is 4.74 Å². The van der Waals surface area contributed by atoms with Crippen molar-refractivity contribution in [2.24, 2.45) is 11.0 Å². The van der Waals surface area contributed by atoms with Crippen molar-refractivity contribution in [3.8, 4) is 5.75 Å². The molecule has 1 aromatic rings. The minimum atomic E-state index is -2.95. The molecule has 2 rings (SSSR count). The minimum absolute atomic E-state index is 0.0946. The standard InChI is InChI=1S/C15H20N2O4S/c1-2-21-14-6-4-3-5-13(14)10-16-17-15(18)9-12-7-8-22(19,20)11-12/h3-6,10,12H,2,7-9,11H2,1H3,(H,17,18)/b16-10-/t12-/m1/s1. The molecule has 6 nitrogen and oxygen atoms in total. The molecule has 0 aliphatic carbocycles. The Morgan fingerprint density at radius 1 is 1.45 bits per heavy atom. The number of nitrogens with zero attached hydrogens (tertiary/aromatic N) is 1. The Hall–Kier alpha value is -1.89. The summed E-state index contributed by atoms with van der Waals surface area (Å²) in [4.78, 5) is 11.8. The lowest BCUT2D eigenvalue weighted by molar-refractivity contribution is -0.121. The van der Waals surface area contributed by atoms with Gasteiger partial charge in [0.25, 0.3) is 0 Å². The summed E-state index contributed by atoms with van der Waals surface area (Å²) < 4.78 is 28.1. The number of hydrogen-bond donors (Lipinski definition) is 1. The molecule has 1 aliphatic rings. The molecule has 0 saturated carbocycles. The van der Waals surface area contributed by atoms with E-state index in [1.165, 1.54) is 6.21 Å². The zero-order chi connectivity index (χ0) is 16.0. The van der Waals surface area contributed by atoms with Crippen molar-refractivity contribution >= 4 is 22.0 Å². The summed E-state index contributed by atoms with van der Waals surface area (Å²) in [5.41, 5.74) is 3.21. The molecule has 1 aliphatic heterocycles. The smallest absolute Gasteiger partial charge is 0.240 e. The zero-order valence-corrected chi connectivity index (χ0v) is 13.3. The van der Waals surface area contributed by atoms with Crippen LogP contribution in [-0.2, 0) is 14.6 Å². The molecule has 22 heavy (non-hydrogen) atoms. The number of rotatable bonds is 6. The van der Waals surface area contributed by atoms with Gasteiger partial charge in [-0.15, -0.1) is 0 Å². The Kier molecular flexibility index (Phi) is 5.54. The normalized spacial score (nSPS) is 20.1. The molecule has 0 aromatic heterocycles. The molecule has 0 bridgehead atoms. The highest BCUT2D eigenvalue weighted by Gasteiger charge is 2.29. The summed E-state index contributed by atoms with van der Waals surface area (Å²) in [6, 6.07) is 7.39. The number of carbonyl (C=O) groups is 1. The molecule has 1 atom stereocenters. The second-order valence-corrected chi connectivity index (χ2v) is 7.47. The maximum atomic E-state index is 11.8. The van der Waals surface area contributed by atoms with Crippen molar-refractivity contribution in [2.45, 2.75) is 19.8 Å². The van der Waals surface area contributed by atoms with Crippen molar-refractivity contribution in [3.05, 3.63) is 29.8 Å². The third-order valence-corrected chi connectivity index (χ3v) is 5.25. The molecular weight excluding hydrogens is 304 g/mol. The van der Waals surface area contributed by atoms with Gasteiger partial charge in [0.15, 0.2) is 9.84 Å². The Labute approximate surface area is 130 Å². The van der Waals surface area contributed by atoms with Crippen molar-refractivity contribution in [3.63, 3.8) is 0 Å². The molecule has 1 N–H and O–H groups in total. The van der Waals surface area contributed by atoms with Crippen molar-refractivity contribution in [1.29, 1.82) is 0 Å². The fraction of sp³-hybridized carbons (Fsp3) is 0.467. The number of sulfone groups is 1. The van der Waals surface area contributed by atoms with Crippen LogP contribution in [0.25, 0.3) is 0 Å². The highest BCUT2D eigenvalue weighted by atomic mass is 32.2. The molecule has 1 aromatic carbocycles. The maximum absolute atomic E-state index is 11.8. The van der Waals surface area contributed by atoms with Gasteiger partial charge in [0.1, 0.15) is 5.75 Å². The summed E-state index contributed by atoms with van der Waals surface area (Å²) in [7, 11) is -2.95. The Bertz CT molecular complexity index is 655. The zero-order valence-electron chi connectivity index (χ0n) is 12.5. The van der Waals surface area contributed by atoms with Crippen molar-refractivity contribution < 1.29 is 17.9 Å². The first kappa shape index (κ1) is 16.5. The number of ether oxygens (including phenoxy) is 1. The predicted octanol–water partition coefficient (Wildman–Crippen LogP) is 1.36. The van der Waals surface area contributed by atoms with E-state index in [-0.39, 0.29) is 29.8 Å². The van der Waals surface area contributed by atoms with Gasteiger partial charge in [0.05, 0.1) is 24.3 Å². The molecule has 1 heterocycles. The van der Waals surface area contributed by atoms with E-state index in [1.807, 2.05) is 31.2 Å². The quantitative estimate of drug-likeness (QED) is 0.632. The van der Waals surface area contributed by atoms with Gasteiger partial charge in [0.2, 0.25) is 5.91 Å². The summed E-state index contributed by atoms with van der Waals surface area (Å²) in [6.45, 7) is 2.44. The summed E-state index contributed by atoms with van der Waals surface area (Å²) in [5.74, 6) is 0.598. The lowest BCUT2D eigenvalue weighted by Crippen LogP contribution is -2.21. The fourth-order valence-electron chi connectivity index (χ4n) is 2.39. The number of nitrogens with one attached hydrogen (secondary N) is 1. The van der Waals surface area contributed by atoms with Crippen molar-refractivity contribution in [1.82, 2.24) is 5.43 Å². The maximum Gasteiger partial charge on any atom is 0.240 e. The SMILES string of the molecule is CCOc1ccccc1/C=N\NC(=O)C[C@H]1CCS(=O)(=O)C1. The third-order valence-electron chi connectivity index (χ3n) is 3.41. The molecule has 0 radical (unpaired) electrons. The number of para-hydroxylation sites is 1. The molecule has 1 fully saturated rings. The Morgan fingerprint density at radius 3 is 2.91 bits per heavy atom. The number of benzene rings is 1. The second-order valence-electron chi connectivity index (χ2n) is 5.24. The Morgan fingerprint density at radius 2 is 2.23 bits per heavy atom. The van der Waals surface area contributed by atoms with E-state index >= 15 is 0 Å². The monoisotopic (exact) mass is 324 g/mol. The minimum Gasteiger partial charge on any atom is -0.493 e. The average Bonchev–Trinajstić information content (AvgIpc) is 2.80. The molecule has 1 saturated heterocycles. The molecule has 1 amide bonds. The Balaban J connectivity index is 1.86. The van der Waals surface area contributed by atoms with E-state index in [0.29, 0.717) is 18.8 Å². The van der Waals surface area contributed by atoms with Crippen LogP contribution >= 0.6 is 0 Å². The van der Waals surface area contributed by atoms with Crippen LogP contribution in [0.1, 0.15) is 25.3 Å². The number of amides is 1. The highest BCUT2D eigenvalue weighted by molar-refractivity contribution is 7.91. The van der Waals surface area contributed by atoms with Gasteiger partial charge >= 0.3 is 0 Å². The number of carbonyl (C=O) groups excluding carboxylic acids is 1. The predicted molar refractivity (Wildman–Crippen MR) is 84.7 cm³/mol. The first-order chi connectivity index (χ1) is 10.5. The molecule has 120 valence electrons. The molecule has 7 heteroatoms. The van der Waals surface area contributed by atoms with Gasteiger partial charge in [-0.05, 0) is 31.4 Å². The number of hydrogen-bond acceptors (Lipinski definition) is 5. The lowest BCUT2D eigenvalue weighted by Gasteiger charge is -2.07. The average molecular weight is 324 g/mol. The topological polar surface area (TPSA) is 84.8 Å². The first-order valence-electron chi connectivity index (χ1n) is 7.24. The summed E-state index contributed by atoms with van der Waals surface area (Å²) >= 11 is 0. The van der Waals surface area contributed by atoms with E-state index in [9.17, 15) is 13.2 Å². The van der Waals surface area contributed by atoms with Crippen LogP contribution in [0.5, 0.6) is 5.75 Å². The van der Waals surface area contributed by atoms with Gasteiger partial charge in [-0.25, -0.2) is 13.8 Å². The van der Waals surface area contributed by atoms with Gasteiger partial charge in [-0.3, -0.25) is 4.79 Å². The van der Waals surface area contributed by atoms with Crippen LogP contribution in [0.3, 0.4) is 0 Å². The van der Waals surface area contributed by atoms with Crippen LogP contribution in [0, 0.1) is 5.92 Å². The highest BCUT2D eigenvalue weighted by Crippen LogP contribution is 2.21. The largest absolute Gasteiger partial charge is 0.493 e. The molecule has 0 spiro atoms. The van der Waals surface area contributed by atoms with Crippen molar-refractivity contribution in [2.75, 3.05) is 18.1 Å². The van der Waals surface area contributed by atoms with Gasteiger partial charge in [-0.2, -0.15) is 5.10 Å². The van der Waals surface area contributed by atoms with Gasteiger partial charge in [-0.1, -0.05) is 12.1 Å². The van der Waals surface area contributed by atoms with E-state index in [2.05, 4.69) is 10.5 Å². The lowest BCUT2D eigenvalue weighted by atomic mass is 10.1. The van der Waals surface area contributed by atoms with Crippen LogP contribution in [-0.4, -0.2) is 38.7 Å². The first-order valence-corrected chi connectivity index (χ1v) is 9.06. The molecular formula is C15H20N2O4S.